The monoisotopic (exact) mass is 379 g/mol. The third-order valence-electron chi connectivity index (χ3n) is 4.28. The first-order valence-electron chi connectivity index (χ1n) is 8.37. The number of amides is 1. The number of nitrogens with one attached hydrogen (secondary N) is 2. The highest BCUT2D eigenvalue weighted by Gasteiger charge is 2.32. The van der Waals surface area contributed by atoms with Crippen molar-refractivity contribution in [3.8, 4) is 0 Å². The molecule has 0 aliphatic carbocycles. The van der Waals surface area contributed by atoms with Gasteiger partial charge in [0.25, 0.3) is 0 Å². The van der Waals surface area contributed by atoms with Crippen molar-refractivity contribution < 1.29 is 19.1 Å². The van der Waals surface area contributed by atoms with Gasteiger partial charge in [0.1, 0.15) is 0 Å². The summed E-state index contributed by atoms with van der Waals surface area (Å²) in [6.07, 6.45) is 1.65. The Morgan fingerprint density at radius 1 is 1.31 bits per heavy atom. The molecule has 7 nitrogen and oxygen atoms in total. The Labute approximate surface area is 157 Å². The zero-order valence-electron chi connectivity index (χ0n) is 14.5. The summed E-state index contributed by atoms with van der Waals surface area (Å²) in [5.41, 5.74) is 1.46. The molecule has 0 spiro atoms. The largest absolute Gasteiger partial charge is 0.466 e. The minimum absolute atomic E-state index is 0. The number of carbonyl (C=O) groups excluding carboxylic acids is 3. The molecule has 8 heteroatoms. The topological polar surface area (TPSA) is 91.5 Å². The van der Waals surface area contributed by atoms with Crippen LogP contribution in [0.15, 0.2) is 30.5 Å². The highest BCUT2D eigenvalue weighted by molar-refractivity contribution is 6.09. The summed E-state index contributed by atoms with van der Waals surface area (Å²) in [7, 11) is 0. The molecule has 1 aromatic carbocycles. The minimum atomic E-state index is -0.636. The van der Waals surface area contributed by atoms with Gasteiger partial charge in [0.15, 0.2) is 5.78 Å². The summed E-state index contributed by atoms with van der Waals surface area (Å²) in [5.74, 6) is -0.784. The molecule has 1 fully saturated rings. The van der Waals surface area contributed by atoms with Crippen molar-refractivity contribution in [2.75, 3.05) is 26.2 Å². The second-order valence-electron chi connectivity index (χ2n) is 5.95. The van der Waals surface area contributed by atoms with E-state index >= 15 is 0 Å². The molecule has 2 aromatic rings. The van der Waals surface area contributed by atoms with E-state index in [2.05, 4.69) is 10.3 Å². The first kappa shape index (κ1) is 19.9. The maximum atomic E-state index is 12.6. The average molecular weight is 380 g/mol. The lowest BCUT2D eigenvalue weighted by atomic mass is 10.1. The lowest BCUT2D eigenvalue weighted by molar-refractivity contribution is -0.147. The molecule has 1 saturated heterocycles. The fourth-order valence-corrected chi connectivity index (χ4v) is 3.06. The van der Waals surface area contributed by atoms with Crippen LogP contribution in [0.5, 0.6) is 0 Å². The summed E-state index contributed by atoms with van der Waals surface area (Å²) in [6, 6.07) is 6.91. The van der Waals surface area contributed by atoms with E-state index in [9.17, 15) is 14.4 Å². The molecule has 140 valence electrons. The first-order chi connectivity index (χ1) is 12.1. The SMILES string of the molecule is CCOC(=O)C[C@@H]1NCCN(CC(=O)c2c[nH]c3ccccc23)C1=O.Cl. The Morgan fingerprint density at radius 3 is 2.85 bits per heavy atom. The molecule has 0 radical (unpaired) electrons. The van der Waals surface area contributed by atoms with Crippen molar-refractivity contribution in [3.63, 3.8) is 0 Å². The molecule has 0 unspecified atom stereocenters. The summed E-state index contributed by atoms with van der Waals surface area (Å²) in [6.45, 7) is 2.98. The molecule has 1 aromatic heterocycles. The van der Waals surface area contributed by atoms with Gasteiger partial charge in [-0.05, 0) is 13.0 Å². The number of ether oxygens (including phenoxy) is 1. The number of ketones is 1. The van der Waals surface area contributed by atoms with Crippen LogP contribution >= 0.6 is 12.4 Å². The van der Waals surface area contributed by atoms with Crippen LogP contribution in [0, 0.1) is 0 Å². The molecule has 26 heavy (non-hydrogen) atoms. The number of benzene rings is 1. The second-order valence-corrected chi connectivity index (χ2v) is 5.95. The standard InChI is InChI=1S/C18H21N3O4.ClH/c1-2-25-17(23)9-15-18(24)21(8-7-19-15)11-16(22)13-10-20-14-6-4-3-5-12(13)14;/h3-6,10,15,19-20H,2,7-9,11H2,1H3;1H/t15-;/m0./s1. The summed E-state index contributed by atoms with van der Waals surface area (Å²) < 4.78 is 4.90. The fourth-order valence-electron chi connectivity index (χ4n) is 3.06. The smallest absolute Gasteiger partial charge is 0.307 e. The zero-order chi connectivity index (χ0) is 17.8. The van der Waals surface area contributed by atoms with Crippen LogP contribution < -0.4 is 5.32 Å². The fraction of sp³-hybridized carbons (Fsp3) is 0.389. The molecule has 1 aliphatic rings. The van der Waals surface area contributed by atoms with Gasteiger partial charge < -0.3 is 19.9 Å². The quantitative estimate of drug-likeness (QED) is 0.586. The number of aromatic amines is 1. The van der Waals surface area contributed by atoms with Crippen LogP contribution in [0.3, 0.4) is 0 Å². The van der Waals surface area contributed by atoms with Crippen molar-refractivity contribution in [2.45, 2.75) is 19.4 Å². The number of piperazine rings is 1. The highest BCUT2D eigenvalue weighted by atomic mass is 35.5. The number of halogens is 1. The van der Waals surface area contributed by atoms with E-state index in [4.69, 9.17) is 4.74 Å². The first-order valence-corrected chi connectivity index (χ1v) is 8.37. The number of H-pyrrole nitrogens is 1. The average Bonchev–Trinajstić information content (AvgIpc) is 3.03. The maximum absolute atomic E-state index is 12.6. The Hall–Kier alpha value is -2.38. The van der Waals surface area contributed by atoms with E-state index in [0.717, 1.165) is 10.9 Å². The van der Waals surface area contributed by atoms with Crippen LogP contribution in [0.4, 0.5) is 0 Å². The van der Waals surface area contributed by atoms with Crippen LogP contribution in [-0.4, -0.2) is 59.8 Å². The normalized spacial score (nSPS) is 17.0. The number of hydrogen-bond acceptors (Lipinski definition) is 5. The number of carbonyl (C=O) groups is 3. The maximum Gasteiger partial charge on any atom is 0.307 e. The molecular weight excluding hydrogens is 358 g/mol. The Morgan fingerprint density at radius 2 is 2.08 bits per heavy atom. The van der Waals surface area contributed by atoms with Crippen molar-refractivity contribution in [2.24, 2.45) is 0 Å². The number of para-hydroxylation sites is 1. The number of fused-ring (bicyclic) bond motifs is 1. The third-order valence-corrected chi connectivity index (χ3v) is 4.28. The second kappa shape index (κ2) is 8.82. The number of esters is 1. The highest BCUT2D eigenvalue weighted by Crippen LogP contribution is 2.19. The molecule has 1 amide bonds. The summed E-state index contributed by atoms with van der Waals surface area (Å²) in [5, 5.41) is 3.86. The molecule has 0 bridgehead atoms. The molecule has 1 aliphatic heterocycles. The number of aromatic nitrogens is 1. The van der Waals surface area contributed by atoms with Gasteiger partial charge in [-0.2, -0.15) is 0 Å². The van der Waals surface area contributed by atoms with E-state index in [1.807, 2.05) is 24.3 Å². The number of hydrogen-bond donors (Lipinski definition) is 2. The number of nitrogens with zero attached hydrogens (tertiary/aromatic N) is 1. The molecule has 2 heterocycles. The van der Waals surface area contributed by atoms with E-state index < -0.39 is 12.0 Å². The predicted octanol–water partition coefficient (Wildman–Crippen LogP) is 1.53. The van der Waals surface area contributed by atoms with Gasteiger partial charge in [0.2, 0.25) is 5.91 Å². The molecular formula is C18H22ClN3O4. The molecule has 0 saturated carbocycles. The number of Topliss-reactive ketones (excluding diaryl/α,β-unsaturated/α-hetero) is 1. The lowest BCUT2D eigenvalue weighted by Gasteiger charge is -2.32. The Kier molecular flexibility index (Phi) is 6.76. The van der Waals surface area contributed by atoms with Crippen LogP contribution in [0.2, 0.25) is 0 Å². The van der Waals surface area contributed by atoms with Gasteiger partial charge in [-0.15, -0.1) is 12.4 Å². The van der Waals surface area contributed by atoms with Gasteiger partial charge in [-0.1, -0.05) is 18.2 Å². The van der Waals surface area contributed by atoms with Gasteiger partial charge >= 0.3 is 5.97 Å². The van der Waals surface area contributed by atoms with Gasteiger partial charge in [0, 0.05) is 35.8 Å². The van der Waals surface area contributed by atoms with Crippen molar-refractivity contribution >= 4 is 41.0 Å². The molecule has 1 atom stereocenters. The van der Waals surface area contributed by atoms with Crippen LogP contribution in [0.25, 0.3) is 10.9 Å². The van der Waals surface area contributed by atoms with Crippen LogP contribution in [0.1, 0.15) is 23.7 Å². The third kappa shape index (κ3) is 4.23. The molecule has 3 rings (SSSR count). The minimum Gasteiger partial charge on any atom is -0.466 e. The van der Waals surface area contributed by atoms with E-state index in [0.29, 0.717) is 18.7 Å². The Bertz CT molecular complexity index is 805. The molecule has 2 N–H and O–H groups in total. The van der Waals surface area contributed by atoms with Crippen molar-refractivity contribution in [3.05, 3.63) is 36.0 Å². The van der Waals surface area contributed by atoms with E-state index in [-0.39, 0.29) is 43.7 Å². The van der Waals surface area contributed by atoms with E-state index in [1.54, 1.807) is 13.1 Å². The van der Waals surface area contributed by atoms with Gasteiger partial charge in [-0.25, -0.2) is 0 Å². The van der Waals surface area contributed by atoms with Gasteiger partial charge in [-0.3, -0.25) is 14.4 Å². The van der Waals surface area contributed by atoms with Crippen LogP contribution in [-0.2, 0) is 14.3 Å². The lowest BCUT2D eigenvalue weighted by Crippen LogP contribution is -2.56. The summed E-state index contributed by atoms with van der Waals surface area (Å²) in [4.78, 5) is 41.4. The summed E-state index contributed by atoms with van der Waals surface area (Å²) >= 11 is 0. The van der Waals surface area contributed by atoms with Crippen molar-refractivity contribution in [1.82, 2.24) is 15.2 Å². The number of rotatable bonds is 6. The van der Waals surface area contributed by atoms with Crippen molar-refractivity contribution in [1.29, 1.82) is 0 Å². The zero-order valence-corrected chi connectivity index (χ0v) is 15.3. The van der Waals surface area contributed by atoms with Gasteiger partial charge in [0.05, 0.1) is 25.6 Å². The predicted molar refractivity (Wildman–Crippen MR) is 99.5 cm³/mol. The van der Waals surface area contributed by atoms with E-state index in [1.165, 1.54) is 4.90 Å². The Balaban J connectivity index is 0.00000243.